The minimum Gasteiger partial charge on any atom is -0.363 e. The van der Waals surface area contributed by atoms with Gasteiger partial charge in [0.25, 0.3) is 0 Å². The van der Waals surface area contributed by atoms with Crippen LogP contribution >= 0.6 is 24.0 Å². The SMILES string of the molecule is CN=C(NCc1cccc(N(C)C)n1)NCc1ccccc1C.I. The van der Waals surface area contributed by atoms with Crippen LogP contribution < -0.4 is 15.5 Å². The molecule has 2 rings (SSSR count). The van der Waals surface area contributed by atoms with E-state index in [1.807, 2.05) is 37.2 Å². The van der Waals surface area contributed by atoms with Crippen molar-refractivity contribution in [1.29, 1.82) is 0 Å². The van der Waals surface area contributed by atoms with Gasteiger partial charge in [0.1, 0.15) is 5.82 Å². The largest absolute Gasteiger partial charge is 0.363 e. The molecule has 1 aromatic carbocycles. The molecule has 1 heterocycles. The van der Waals surface area contributed by atoms with Gasteiger partial charge in [-0.05, 0) is 30.2 Å². The van der Waals surface area contributed by atoms with E-state index in [1.54, 1.807) is 7.05 Å². The summed E-state index contributed by atoms with van der Waals surface area (Å²) in [7, 11) is 5.75. The molecule has 0 atom stereocenters. The van der Waals surface area contributed by atoms with E-state index in [0.717, 1.165) is 24.0 Å². The quantitative estimate of drug-likeness (QED) is 0.428. The summed E-state index contributed by atoms with van der Waals surface area (Å²) in [5.41, 5.74) is 3.52. The van der Waals surface area contributed by atoms with Gasteiger partial charge in [0, 0.05) is 27.7 Å². The second-order valence-corrected chi connectivity index (χ2v) is 5.59. The molecule has 0 amide bonds. The Morgan fingerprint density at radius 3 is 2.42 bits per heavy atom. The van der Waals surface area contributed by atoms with E-state index in [9.17, 15) is 0 Å². The average molecular weight is 439 g/mol. The van der Waals surface area contributed by atoms with E-state index >= 15 is 0 Å². The molecule has 0 saturated heterocycles. The zero-order chi connectivity index (χ0) is 16.7. The molecule has 0 aliphatic carbocycles. The molecular formula is C18H26IN5. The van der Waals surface area contributed by atoms with Gasteiger partial charge in [0.2, 0.25) is 0 Å². The fraction of sp³-hybridized carbons (Fsp3) is 0.333. The zero-order valence-electron chi connectivity index (χ0n) is 14.7. The Morgan fingerprint density at radius 2 is 1.75 bits per heavy atom. The molecule has 130 valence electrons. The van der Waals surface area contributed by atoms with Crippen LogP contribution in [0, 0.1) is 6.92 Å². The molecule has 0 aliphatic heterocycles. The van der Waals surface area contributed by atoms with Crippen LogP contribution in [-0.4, -0.2) is 32.1 Å². The molecule has 5 nitrogen and oxygen atoms in total. The van der Waals surface area contributed by atoms with Gasteiger partial charge in [0.05, 0.1) is 12.2 Å². The number of pyridine rings is 1. The standard InChI is InChI=1S/C18H25N5.HI/c1-14-8-5-6-9-15(14)12-20-18(19-2)21-13-16-10-7-11-17(22-16)23(3)4;/h5-11H,12-13H2,1-4H3,(H2,19,20,21);1H. The molecule has 0 unspecified atom stereocenters. The fourth-order valence-electron chi connectivity index (χ4n) is 2.20. The first-order valence-electron chi connectivity index (χ1n) is 7.72. The molecule has 0 bridgehead atoms. The third-order valence-electron chi connectivity index (χ3n) is 3.62. The number of halogens is 1. The number of guanidine groups is 1. The van der Waals surface area contributed by atoms with E-state index in [1.165, 1.54) is 11.1 Å². The van der Waals surface area contributed by atoms with Crippen LogP contribution in [0.1, 0.15) is 16.8 Å². The molecule has 2 aromatic rings. The number of hydrogen-bond acceptors (Lipinski definition) is 3. The van der Waals surface area contributed by atoms with Gasteiger partial charge in [-0.2, -0.15) is 0 Å². The number of nitrogens with zero attached hydrogens (tertiary/aromatic N) is 3. The van der Waals surface area contributed by atoms with Crippen LogP contribution in [0.4, 0.5) is 5.82 Å². The highest BCUT2D eigenvalue weighted by molar-refractivity contribution is 14.0. The molecule has 6 heteroatoms. The highest BCUT2D eigenvalue weighted by Gasteiger charge is 2.03. The summed E-state index contributed by atoms with van der Waals surface area (Å²) >= 11 is 0. The molecule has 0 spiro atoms. The molecule has 1 aromatic heterocycles. The van der Waals surface area contributed by atoms with Gasteiger partial charge in [-0.15, -0.1) is 24.0 Å². The second kappa shape index (κ2) is 10.1. The number of benzene rings is 1. The minimum atomic E-state index is 0. The number of aliphatic imine (C=N–C) groups is 1. The highest BCUT2D eigenvalue weighted by atomic mass is 127. The van der Waals surface area contributed by atoms with Gasteiger partial charge >= 0.3 is 0 Å². The maximum absolute atomic E-state index is 4.59. The molecule has 0 radical (unpaired) electrons. The van der Waals surface area contributed by atoms with Crippen molar-refractivity contribution in [2.45, 2.75) is 20.0 Å². The Morgan fingerprint density at radius 1 is 1.04 bits per heavy atom. The van der Waals surface area contributed by atoms with E-state index in [4.69, 9.17) is 0 Å². The third kappa shape index (κ3) is 5.99. The molecule has 0 aliphatic rings. The Bertz CT molecular complexity index is 670. The van der Waals surface area contributed by atoms with Crippen molar-refractivity contribution >= 4 is 35.8 Å². The van der Waals surface area contributed by atoms with Crippen LogP contribution in [0.5, 0.6) is 0 Å². The van der Waals surface area contributed by atoms with E-state index in [0.29, 0.717) is 6.54 Å². The van der Waals surface area contributed by atoms with Crippen molar-refractivity contribution in [3.05, 3.63) is 59.3 Å². The number of hydrogen-bond donors (Lipinski definition) is 2. The Hall–Kier alpha value is -1.83. The van der Waals surface area contributed by atoms with E-state index < -0.39 is 0 Å². The number of aryl methyl sites for hydroxylation is 1. The molecule has 0 saturated carbocycles. The van der Waals surface area contributed by atoms with Crippen LogP contribution in [0.15, 0.2) is 47.5 Å². The number of aromatic nitrogens is 1. The highest BCUT2D eigenvalue weighted by Crippen LogP contribution is 2.08. The van der Waals surface area contributed by atoms with Crippen molar-refractivity contribution in [3.63, 3.8) is 0 Å². The summed E-state index contributed by atoms with van der Waals surface area (Å²) in [5.74, 6) is 1.72. The smallest absolute Gasteiger partial charge is 0.191 e. The lowest BCUT2D eigenvalue weighted by Crippen LogP contribution is -2.36. The summed E-state index contributed by atoms with van der Waals surface area (Å²) in [5, 5.41) is 6.63. The molecule has 2 N–H and O–H groups in total. The van der Waals surface area contributed by atoms with Crippen LogP contribution in [0.3, 0.4) is 0 Å². The Kier molecular flexibility index (Phi) is 8.53. The summed E-state index contributed by atoms with van der Waals surface area (Å²) in [4.78, 5) is 10.8. The van der Waals surface area contributed by atoms with Crippen LogP contribution in [-0.2, 0) is 13.1 Å². The van der Waals surface area contributed by atoms with Crippen molar-refractivity contribution < 1.29 is 0 Å². The lowest BCUT2D eigenvalue weighted by Gasteiger charge is -2.15. The molecular weight excluding hydrogens is 413 g/mol. The fourth-order valence-corrected chi connectivity index (χ4v) is 2.20. The number of anilines is 1. The van der Waals surface area contributed by atoms with Crippen molar-refractivity contribution in [2.24, 2.45) is 4.99 Å². The minimum absolute atomic E-state index is 0. The molecule has 0 fully saturated rings. The Labute approximate surface area is 161 Å². The summed E-state index contributed by atoms with van der Waals surface area (Å²) in [6.07, 6.45) is 0. The van der Waals surface area contributed by atoms with Crippen LogP contribution in [0.2, 0.25) is 0 Å². The van der Waals surface area contributed by atoms with Crippen molar-refractivity contribution in [2.75, 3.05) is 26.0 Å². The monoisotopic (exact) mass is 439 g/mol. The van der Waals surface area contributed by atoms with Crippen molar-refractivity contribution in [1.82, 2.24) is 15.6 Å². The van der Waals surface area contributed by atoms with E-state index in [-0.39, 0.29) is 24.0 Å². The predicted molar refractivity (Wildman–Crippen MR) is 112 cm³/mol. The normalized spacial score (nSPS) is 10.8. The summed E-state index contributed by atoms with van der Waals surface area (Å²) in [6.45, 7) is 3.50. The third-order valence-corrected chi connectivity index (χ3v) is 3.62. The average Bonchev–Trinajstić information content (AvgIpc) is 2.56. The van der Waals surface area contributed by atoms with Crippen molar-refractivity contribution in [3.8, 4) is 0 Å². The van der Waals surface area contributed by atoms with Gasteiger partial charge < -0.3 is 15.5 Å². The summed E-state index contributed by atoms with van der Waals surface area (Å²) < 4.78 is 0. The van der Waals surface area contributed by atoms with Gasteiger partial charge in [-0.3, -0.25) is 4.99 Å². The Balaban J connectivity index is 0.00000288. The zero-order valence-corrected chi connectivity index (χ0v) is 17.0. The van der Waals surface area contributed by atoms with E-state index in [2.05, 4.69) is 51.8 Å². The molecule has 24 heavy (non-hydrogen) atoms. The lowest BCUT2D eigenvalue weighted by atomic mass is 10.1. The lowest BCUT2D eigenvalue weighted by molar-refractivity contribution is 0.791. The first-order valence-corrected chi connectivity index (χ1v) is 7.72. The first-order chi connectivity index (χ1) is 11.1. The van der Waals surface area contributed by atoms with Crippen LogP contribution in [0.25, 0.3) is 0 Å². The van der Waals surface area contributed by atoms with Gasteiger partial charge in [-0.25, -0.2) is 4.98 Å². The van der Waals surface area contributed by atoms with Gasteiger partial charge in [-0.1, -0.05) is 30.3 Å². The predicted octanol–water partition coefficient (Wildman–Crippen LogP) is 2.94. The number of nitrogens with one attached hydrogen (secondary N) is 2. The summed E-state index contributed by atoms with van der Waals surface area (Å²) in [6, 6.07) is 14.4. The first kappa shape index (κ1) is 20.2. The second-order valence-electron chi connectivity index (χ2n) is 5.59. The van der Waals surface area contributed by atoms with Gasteiger partial charge in [0.15, 0.2) is 5.96 Å². The maximum atomic E-state index is 4.59. The topological polar surface area (TPSA) is 52.6 Å². The maximum Gasteiger partial charge on any atom is 0.191 e. The number of rotatable bonds is 5.